The monoisotopic (exact) mass is 262 g/mol. The van der Waals surface area contributed by atoms with E-state index < -0.39 is 0 Å². The molecular formula is C15H22N2O2. The van der Waals surface area contributed by atoms with E-state index in [2.05, 4.69) is 5.32 Å². The Balaban J connectivity index is 1.72. The molecule has 1 aromatic carbocycles. The zero-order valence-corrected chi connectivity index (χ0v) is 11.5. The molecule has 1 heterocycles. The van der Waals surface area contributed by atoms with Crippen LogP contribution in [0.25, 0.3) is 0 Å². The number of hydrogen-bond donors (Lipinski definition) is 1. The zero-order valence-electron chi connectivity index (χ0n) is 11.5. The number of benzene rings is 1. The van der Waals surface area contributed by atoms with Gasteiger partial charge in [0.15, 0.2) is 0 Å². The molecule has 0 radical (unpaired) electrons. The van der Waals surface area contributed by atoms with Gasteiger partial charge in [0.05, 0.1) is 19.1 Å². The van der Waals surface area contributed by atoms with E-state index in [1.807, 2.05) is 37.4 Å². The van der Waals surface area contributed by atoms with E-state index in [1.54, 1.807) is 4.90 Å². The molecule has 1 aliphatic heterocycles. The van der Waals surface area contributed by atoms with E-state index in [-0.39, 0.29) is 5.91 Å². The first-order valence-electron chi connectivity index (χ1n) is 6.91. The van der Waals surface area contributed by atoms with Crippen LogP contribution in [0.3, 0.4) is 0 Å². The van der Waals surface area contributed by atoms with Gasteiger partial charge in [0.2, 0.25) is 5.91 Å². The molecule has 1 fully saturated rings. The molecule has 4 heteroatoms. The quantitative estimate of drug-likeness (QED) is 0.880. The van der Waals surface area contributed by atoms with Gasteiger partial charge in [-0.3, -0.25) is 4.79 Å². The maximum absolute atomic E-state index is 12.0. The maximum atomic E-state index is 12.0. The van der Waals surface area contributed by atoms with E-state index in [0.717, 1.165) is 31.6 Å². The summed E-state index contributed by atoms with van der Waals surface area (Å²) in [6.07, 6.45) is 2.84. The van der Waals surface area contributed by atoms with E-state index in [4.69, 9.17) is 4.74 Å². The highest BCUT2D eigenvalue weighted by atomic mass is 16.5. The lowest BCUT2D eigenvalue weighted by atomic mass is 10.1. The van der Waals surface area contributed by atoms with E-state index in [1.165, 1.54) is 0 Å². The molecule has 1 amide bonds. The Morgan fingerprint density at radius 2 is 2.00 bits per heavy atom. The summed E-state index contributed by atoms with van der Waals surface area (Å²) in [4.78, 5) is 13.7. The lowest BCUT2D eigenvalue weighted by Crippen LogP contribution is -2.33. The molecule has 2 rings (SSSR count). The van der Waals surface area contributed by atoms with E-state index in [9.17, 15) is 4.79 Å². The van der Waals surface area contributed by atoms with Crippen LogP contribution in [0, 0.1) is 0 Å². The third-order valence-electron chi connectivity index (χ3n) is 3.47. The summed E-state index contributed by atoms with van der Waals surface area (Å²) in [5.74, 6) is 0.0973. The van der Waals surface area contributed by atoms with Crippen LogP contribution in [-0.2, 0) is 9.53 Å². The normalized spacial score (nSPS) is 16.3. The Morgan fingerprint density at radius 1 is 1.32 bits per heavy atom. The summed E-state index contributed by atoms with van der Waals surface area (Å²) >= 11 is 0. The Morgan fingerprint density at radius 3 is 2.68 bits per heavy atom. The van der Waals surface area contributed by atoms with Crippen molar-refractivity contribution in [3.05, 3.63) is 30.3 Å². The molecule has 0 unspecified atom stereocenters. The number of carbonyl (C=O) groups is 1. The summed E-state index contributed by atoms with van der Waals surface area (Å²) in [6.45, 7) is 2.55. The first-order chi connectivity index (χ1) is 9.27. The molecule has 1 N–H and O–H groups in total. The largest absolute Gasteiger partial charge is 0.378 e. The number of nitrogens with one attached hydrogen (secondary N) is 1. The van der Waals surface area contributed by atoms with Crippen LogP contribution in [0.15, 0.2) is 30.3 Å². The first kappa shape index (κ1) is 14.0. The molecular weight excluding hydrogens is 240 g/mol. The van der Waals surface area contributed by atoms with Gasteiger partial charge >= 0.3 is 0 Å². The number of rotatable bonds is 5. The second kappa shape index (κ2) is 7.26. The zero-order chi connectivity index (χ0) is 13.5. The highest BCUT2D eigenvalue weighted by Crippen LogP contribution is 2.13. The van der Waals surface area contributed by atoms with Crippen molar-refractivity contribution in [3.63, 3.8) is 0 Å². The molecule has 1 aliphatic rings. The Labute approximate surface area is 114 Å². The Bertz CT molecular complexity index is 388. The average Bonchev–Trinajstić information content (AvgIpc) is 2.48. The number of carbonyl (C=O) groups excluding carboxylic acids is 1. The van der Waals surface area contributed by atoms with Crippen molar-refractivity contribution < 1.29 is 9.53 Å². The fourth-order valence-corrected chi connectivity index (χ4v) is 2.24. The number of anilines is 1. The smallest absolute Gasteiger partial charge is 0.229 e. The number of ether oxygens (including phenoxy) is 1. The van der Waals surface area contributed by atoms with Gasteiger partial charge in [-0.2, -0.15) is 0 Å². The van der Waals surface area contributed by atoms with Crippen LogP contribution in [0.1, 0.15) is 19.3 Å². The number of nitrogens with zero attached hydrogens (tertiary/aromatic N) is 1. The molecule has 1 aromatic rings. The van der Waals surface area contributed by atoms with Gasteiger partial charge in [-0.05, 0) is 38.1 Å². The Kier molecular flexibility index (Phi) is 5.36. The van der Waals surface area contributed by atoms with Crippen LogP contribution in [0.5, 0.6) is 0 Å². The first-order valence-corrected chi connectivity index (χ1v) is 6.91. The van der Waals surface area contributed by atoms with Crippen molar-refractivity contribution in [2.75, 3.05) is 31.6 Å². The number of hydrogen-bond acceptors (Lipinski definition) is 3. The second-order valence-electron chi connectivity index (χ2n) is 4.86. The third kappa shape index (κ3) is 4.33. The summed E-state index contributed by atoms with van der Waals surface area (Å²) in [5, 5.41) is 3.30. The van der Waals surface area contributed by atoms with Gasteiger partial charge in [0.1, 0.15) is 0 Å². The van der Waals surface area contributed by atoms with Crippen LogP contribution in [-0.4, -0.2) is 38.8 Å². The summed E-state index contributed by atoms with van der Waals surface area (Å²) in [6, 6.07) is 9.69. The highest BCUT2D eigenvalue weighted by Gasteiger charge is 2.15. The minimum absolute atomic E-state index is 0.0973. The van der Waals surface area contributed by atoms with Gasteiger partial charge < -0.3 is 15.0 Å². The predicted molar refractivity (Wildman–Crippen MR) is 76.3 cm³/mol. The minimum Gasteiger partial charge on any atom is -0.378 e. The number of piperidine rings is 1. The fourth-order valence-electron chi connectivity index (χ4n) is 2.24. The summed E-state index contributed by atoms with van der Waals surface area (Å²) in [5.41, 5.74) is 0.925. The maximum Gasteiger partial charge on any atom is 0.229 e. The molecule has 104 valence electrons. The molecule has 0 saturated carbocycles. The second-order valence-corrected chi connectivity index (χ2v) is 4.86. The Hall–Kier alpha value is -1.39. The average molecular weight is 262 g/mol. The minimum atomic E-state index is 0.0973. The molecule has 19 heavy (non-hydrogen) atoms. The van der Waals surface area contributed by atoms with E-state index >= 15 is 0 Å². The van der Waals surface area contributed by atoms with Crippen molar-refractivity contribution >= 4 is 11.6 Å². The van der Waals surface area contributed by atoms with Gasteiger partial charge in [0, 0.05) is 12.7 Å². The third-order valence-corrected chi connectivity index (χ3v) is 3.47. The highest BCUT2D eigenvalue weighted by molar-refractivity contribution is 5.92. The van der Waals surface area contributed by atoms with Crippen molar-refractivity contribution in [1.29, 1.82) is 0 Å². The van der Waals surface area contributed by atoms with Gasteiger partial charge in [-0.1, -0.05) is 18.2 Å². The van der Waals surface area contributed by atoms with Crippen LogP contribution >= 0.6 is 0 Å². The fraction of sp³-hybridized carbons (Fsp3) is 0.533. The van der Waals surface area contributed by atoms with Gasteiger partial charge in [-0.15, -0.1) is 0 Å². The number of para-hydroxylation sites is 1. The molecule has 0 bridgehead atoms. The molecule has 0 atom stereocenters. The standard InChI is InChI=1S/C15H22N2O2/c1-17(13-5-3-2-4-6-13)15(18)9-12-19-14-7-10-16-11-8-14/h2-6,14,16H,7-12H2,1H3. The van der Waals surface area contributed by atoms with Crippen molar-refractivity contribution in [2.45, 2.75) is 25.4 Å². The molecule has 0 aliphatic carbocycles. The number of amides is 1. The predicted octanol–water partition coefficient (Wildman–Crippen LogP) is 1.81. The molecule has 4 nitrogen and oxygen atoms in total. The van der Waals surface area contributed by atoms with Crippen LogP contribution < -0.4 is 10.2 Å². The topological polar surface area (TPSA) is 41.6 Å². The molecule has 0 aromatic heterocycles. The lowest BCUT2D eigenvalue weighted by molar-refractivity contribution is -0.120. The molecule has 0 spiro atoms. The summed E-state index contributed by atoms with van der Waals surface area (Å²) in [7, 11) is 1.81. The summed E-state index contributed by atoms with van der Waals surface area (Å²) < 4.78 is 5.75. The van der Waals surface area contributed by atoms with Crippen molar-refractivity contribution in [3.8, 4) is 0 Å². The van der Waals surface area contributed by atoms with Crippen molar-refractivity contribution in [1.82, 2.24) is 5.32 Å². The van der Waals surface area contributed by atoms with Crippen LogP contribution in [0.4, 0.5) is 5.69 Å². The van der Waals surface area contributed by atoms with Gasteiger partial charge in [-0.25, -0.2) is 0 Å². The SMILES string of the molecule is CN(C(=O)CCOC1CCNCC1)c1ccccc1. The molecule has 1 saturated heterocycles. The van der Waals surface area contributed by atoms with E-state index in [0.29, 0.717) is 19.1 Å². The van der Waals surface area contributed by atoms with Crippen molar-refractivity contribution in [2.24, 2.45) is 0 Å². The van der Waals surface area contributed by atoms with Gasteiger partial charge in [0.25, 0.3) is 0 Å². The van der Waals surface area contributed by atoms with Crippen LogP contribution in [0.2, 0.25) is 0 Å². The lowest BCUT2D eigenvalue weighted by Gasteiger charge is -2.23.